The summed E-state index contributed by atoms with van der Waals surface area (Å²) < 4.78 is 29.0. The Balaban J connectivity index is 2.48. The first-order valence-electron chi connectivity index (χ1n) is 5.74. The van der Waals surface area contributed by atoms with E-state index in [1.54, 1.807) is 19.1 Å². The summed E-state index contributed by atoms with van der Waals surface area (Å²) >= 11 is 0. The van der Waals surface area contributed by atoms with Crippen LogP contribution < -0.4 is 10.1 Å². The van der Waals surface area contributed by atoms with Gasteiger partial charge in [-0.1, -0.05) is 6.92 Å². The van der Waals surface area contributed by atoms with Gasteiger partial charge in [0.15, 0.2) is 5.75 Å². The van der Waals surface area contributed by atoms with Crippen LogP contribution in [-0.2, 0) is 4.79 Å². The van der Waals surface area contributed by atoms with Gasteiger partial charge in [0.05, 0.1) is 5.69 Å². The van der Waals surface area contributed by atoms with Gasteiger partial charge in [0.2, 0.25) is 5.91 Å². The van der Waals surface area contributed by atoms with Crippen molar-refractivity contribution >= 4 is 22.5 Å². The lowest BCUT2D eigenvalue weighted by Crippen LogP contribution is -2.10. The van der Waals surface area contributed by atoms with Crippen LogP contribution >= 0.6 is 0 Å². The minimum atomic E-state index is -2.92. The molecule has 0 aliphatic rings. The first kappa shape index (κ1) is 13.2. The molecule has 1 N–H and O–H groups in total. The summed E-state index contributed by atoms with van der Waals surface area (Å²) in [6.45, 7) is -1.19. The molecular formula is C13H12F2N2O2. The molecule has 0 unspecified atom stereocenters. The van der Waals surface area contributed by atoms with E-state index in [2.05, 4.69) is 15.0 Å². The number of benzene rings is 1. The van der Waals surface area contributed by atoms with Crippen LogP contribution in [0.4, 0.5) is 14.5 Å². The molecule has 0 aliphatic heterocycles. The quantitative estimate of drug-likeness (QED) is 0.924. The molecule has 0 fully saturated rings. The van der Waals surface area contributed by atoms with Crippen molar-refractivity contribution in [2.24, 2.45) is 0 Å². The Kier molecular flexibility index (Phi) is 3.89. The second kappa shape index (κ2) is 5.60. The highest BCUT2D eigenvalue weighted by Gasteiger charge is 2.12. The van der Waals surface area contributed by atoms with E-state index < -0.39 is 6.61 Å². The molecule has 4 nitrogen and oxygen atoms in total. The Labute approximate surface area is 108 Å². The number of carbonyl (C=O) groups is 1. The zero-order chi connectivity index (χ0) is 13.8. The number of amides is 1. The zero-order valence-corrected chi connectivity index (χ0v) is 10.2. The van der Waals surface area contributed by atoms with Crippen molar-refractivity contribution < 1.29 is 18.3 Å². The van der Waals surface area contributed by atoms with E-state index in [1.165, 1.54) is 18.3 Å². The third-order valence-electron chi connectivity index (χ3n) is 2.54. The molecule has 2 aromatic rings. The first-order chi connectivity index (χ1) is 9.11. The van der Waals surface area contributed by atoms with Crippen LogP contribution in [0.2, 0.25) is 0 Å². The molecule has 6 heteroatoms. The number of halogens is 2. The summed E-state index contributed by atoms with van der Waals surface area (Å²) in [6.07, 6.45) is 1.81. The number of rotatable bonds is 4. The van der Waals surface area contributed by atoms with Crippen LogP contribution in [-0.4, -0.2) is 17.5 Å². The van der Waals surface area contributed by atoms with E-state index in [0.717, 1.165) is 0 Å². The monoisotopic (exact) mass is 266 g/mol. The molecule has 0 saturated heterocycles. The van der Waals surface area contributed by atoms with Gasteiger partial charge in [-0.25, -0.2) is 0 Å². The molecule has 0 bridgehead atoms. The van der Waals surface area contributed by atoms with Gasteiger partial charge in [0.1, 0.15) is 5.52 Å². The lowest BCUT2D eigenvalue weighted by Gasteiger charge is -2.11. The molecule has 1 aromatic heterocycles. The van der Waals surface area contributed by atoms with E-state index in [9.17, 15) is 13.6 Å². The van der Waals surface area contributed by atoms with E-state index in [1.807, 2.05) is 0 Å². The van der Waals surface area contributed by atoms with E-state index >= 15 is 0 Å². The predicted molar refractivity (Wildman–Crippen MR) is 67.3 cm³/mol. The molecular weight excluding hydrogens is 254 g/mol. The Morgan fingerprint density at radius 2 is 2.21 bits per heavy atom. The largest absolute Gasteiger partial charge is 0.432 e. The van der Waals surface area contributed by atoms with Gasteiger partial charge in [-0.05, 0) is 24.3 Å². The van der Waals surface area contributed by atoms with Gasteiger partial charge in [-0.2, -0.15) is 8.78 Å². The highest BCUT2D eigenvalue weighted by molar-refractivity contribution is 6.02. The maximum absolute atomic E-state index is 12.3. The summed E-state index contributed by atoms with van der Waals surface area (Å²) in [7, 11) is 0. The molecule has 1 aromatic carbocycles. The number of hydrogen-bond acceptors (Lipinski definition) is 3. The van der Waals surface area contributed by atoms with Crippen molar-refractivity contribution in [1.82, 2.24) is 4.98 Å². The number of nitrogens with one attached hydrogen (secondary N) is 1. The third kappa shape index (κ3) is 2.96. The molecule has 2 rings (SSSR count). The number of pyridine rings is 1. The average molecular weight is 266 g/mol. The number of anilines is 1. The van der Waals surface area contributed by atoms with Crippen LogP contribution in [0, 0.1) is 0 Å². The number of alkyl halides is 2. The molecule has 1 heterocycles. The maximum atomic E-state index is 12.3. The minimum absolute atomic E-state index is 0.0138. The summed E-state index contributed by atoms with van der Waals surface area (Å²) in [4.78, 5) is 15.4. The normalized spacial score (nSPS) is 10.7. The van der Waals surface area contributed by atoms with E-state index in [0.29, 0.717) is 17.5 Å². The fourth-order valence-electron chi connectivity index (χ4n) is 1.69. The third-order valence-corrected chi connectivity index (χ3v) is 2.54. The molecule has 0 atom stereocenters. The molecule has 0 saturated carbocycles. The van der Waals surface area contributed by atoms with E-state index in [4.69, 9.17) is 0 Å². The molecule has 1 amide bonds. The highest BCUT2D eigenvalue weighted by Crippen LogP contribution is 2.30. The van der Waals surface area contributed by atoms with Crippen molar-refractivity contribution in [2.45, 2.75) is 20.0 Å². The number of nitrogens with zero attached hydrogens (tertiary/aromatic N) is 1. The second-order valence-corrected chi connectivity index (χ2v) is 3.79. The van der Waals surface area contributed by atoms with Gasteiger partial charge < -0.3 is 10.1 Å². The SMILES string of the molecule is CCC(=O)Nc1ccc(OC(F)F)c2ncccc12. The second-order valence-electron chi connectivity index (χ2n) is 3.79. The minimum Gasteiger partial charge on any atom is -0.432 e. The van der Waals surface area contributed by atoms with Crippen LogP contribution in [0.25, 0.3) is 10.9 Å². The van der Waals surface area contributed by atoms with Crippen LogP contribution in [0.15, 0.2) is 30.5 Å². The number of aromatic nitrogens is 1. The van der Waals surface area contributed by atoms with Gasteiger partial charge in [-0.15, -0.1) is 0 Å². The Bertz CT molecular complexity index is 602. The predicted octanol–water partition coefficient (Wildman–Crippen LogP) is 3.18. The van der Waals surface area contributed by atoms with E-state index in [-0.39, 0.29) is 17.2 Å². The smallest absolute Gasteiger partial charge is 0.387 e. The molecule has 0 spiro atoms. The summed E-state index contributed by atoms with van der Waals surface area (Å²) in [5.74, 6) is -0.173. The summed E-state index contributed by atoms with van der Waals surface area (Å²) in [5, 5.41) is 3.25. The molecule has 0 aliphatic carbocycles. The molecule has 100 valence electrons. The Morgan fingerprint density at radius 1 is 1.42 bits per heavy atom. The lowest BCUT2D eigenvalue weighted by molar-refractivity contribution is -0.115. The fraction of sp³-hybridized carbons (Fsp3) is 0.231. The highest BCUT2D eigenvalue weighted by atomic mass is 19.3. The number of hydrogen-bond donors (Lipinski definition) is 1. The van der Waals surface area contributed by atoms with Crippen molar-refractivity contribution in [3.63, 3.8) is 0 Å². The van der Waals surface area contributed by atoms with Crippen LogP contribution in [0.3, 0.4) is 0 Å². The van der Waals surface area contributed by atoms with Crippen LogP contribution in [0.5, 0.6) is 5.75 Å². The van der Waals surface area contributed by atoms with Crippen molar-refractivity contribution in [1.29, 1.82) is 0 Å². The maximum Gasteiger partial charge on any atom is 0.387 e. The Morgan fingerprint density at radius 3 is 2.89 bits per heavy atom. The number of carbonyl (C=O) groups excluding carboxylic acids is 1. The summed E-state index contributed by atoms with van der Waals surface area (Å²) in [6, 6.07) is 6.24. The van der Waals surface area contributed by atoms with Gasteiger partial charge in [0, 0.05) is 18.0 Å². The van der Waals surface area contributed by atoms with Gasteiger partial charge in [0.25, 0.3) is 0 Å². The molecule has 0 radical (unpaired) electrons. The van der Waals surface area contributed by atoms with Crippen molar-refractivity contribution in [3.8, 4) is 5.75 Å². The molecule has 19 heavy (non-hydrogen) atoms. The van der Waals surface area contributed by atoms with Crippen molar-refractivity contribution in [3.05, 3.63) is 30.5 Å². The topological polar surface area (TPSA) is 51.2 Å². The zero-order valence-electron chi connectivity index (χ0n) is 10.2. The Hall–Kier alpha value is -2.24. The van der Waals surface area contributed by atoms with Gasteiger partial charge in [-0.3, -0.25) is 9.78 Å². The number of fused-ring (bicyclic) bond motifs is 1. The average Bonchev–Trinajstić information content (AvgIpc) is 2.41. The standard InChI is InChI=1S/C13H12F2N2O2/c1-2-11(18)17-9-5-6-10(19-13(14)15)12-8(9)4-3-7-16-12/h3-7,13H,2H2,1H3,(H,17,18). The number of ether oxygens (including phenoxy) is 1. The lowest BCUT2D eigenvalue weighted by atomic mass is 10.1. The van der Waals surface area contributed by atoms with Crippen LogP contribution in [0.1, 0.15) is 13.3 Å². The van der Waals surface area contributed by atoms with Crippen molar-refractivity contribution in [2.75, 3.05) is 5.32 Å². The first-order valence-corrected chi connectivity index (χ1v) is 5.74. The summed E-state index contributed by atoms with van der Waals surface area (Å²) in [5.41, 5.74) is 0.813. The van der Waals surface area contributed by atoms with Gasteiger partial charge >= 0.3 is 6.61 Å². The fourth-order valence-corrected chi connectivity index (χ4v) is 1.69.